The molecular weight excluding hydrogens is 336 g/mol. The molecule has 0 aromatic heterocycles. The second-order valence-electron chi connectivity index (χ2n) is 7.32. The van der Waals surface area contributed by atoms with Crippen LogP contribution in [0, 0.1) is 0 Å². The topological polar surface area (TPSA) is 0 Å². The molecule has 0 bridgehead atoms. The van der Waals surface area contributed by atoms with Gasteiger partial charge in [0.2, 0.25) is 0 Å². The summed E-state index contributed by atoms with van der Waals surface area (Å²) in [7, 11) is 0. The lowest BCUT2D eigenvalue weighted by atomic mass is 9.92. The Balaban J connectivity index is 1.71. The van der Waals surface area contributed by atoms with Gasteiger partial charge >= 0.3 is 0 Å². The zero-order valence-corrected chi connectivity index (χ0v) is 16.0. The van der Waals surface area contributed by atoms with Gasteiger partial charge in [0.1, 0.15) is 0 Å². The molecule has 5 aromatic carbocycles. The minimum absolute atomic E-state index is 1.02. The summed E-state index contributed by atoms with van der Waals surface area (Å²) < 4.78 is 0. The smallest absolute Gasteiger partial charge is 0.0105 e. The van der Waals surface area contributed by atoms with E-state index in [4.69, 9.17) is 0 Å². The van der Waals surface area contributed by atoms with Crippen molar-refractivity contribution in [3.63, 3.8) is 0 Å². The lowest BCUT2D eigenvalue weighted by Crippen LogP contribution is -1.89. The molecule has 0 spiro atoms. The molecule has 0 heteroatoms. The van der Waals surface area contributed by atoms with E-state index in [0.717, 1.165) is 6.42 Å². The van der Waals surface area contributed by atoms with Crippen molar-refractivity contribution in [2.24, 2.45) is 0 Å². The molecule has 0 radical (unpaired) electrons. The molecule has 0 aliphatic rings. The van der Waals surface area contributed by atoms with Crippen LogP contribution >= 0.6 is 0 Å². The van der Waals surface area contributed by atoms with Gasteiger partial charge in [-0.3, -0.25) is 0 Å². The normalized spacial score (nSPS) is 11.2. The van der Waals surface area contributed by atoms with Crippen molar-refractivity contribution in [1.29, 1.82) is 0 Å². The molecule has 0 amide bonds. The molecular formula is C28H22. The highest BCUT2D eigenvalue weighted by atomic mass is 14.1. The van der Waals surface area contributed by atoms with Crippen molar-refractivity contribution in [1.82, 2.24) is 0 Å². The van der Waals surface area contributed by atoms with E-state index in [2.05, 4.69) is 110 Å². The monoisotopic (exact) mass is 358 g/mol. The molecule has 0 fully saturated rings. The third kappa shape index (κ3) is 2.88. The molecule has 0 unspecified atom stereocenters. The molecule has 0 aliphatic heterocycles. The summed E-state index contributed by atoms with van der Waals surface area (Å²) in [4.78, 5) is 0. The van der Waals surface area contributed by atoms with Gasteiger partial charge in [0, 0.05) is 0 Å². The average Bonchev–Trinajstić information content (AvgIpc) is 2.78. The SMILES string of the molecule is CCc1cc(-c2ccccc2)cc2ccc(-c3cccc4ccccc34)cc12. The van der Waals surface area contributed by atoms with Gasteiger partial charge in [-0.2, -0.15) is 0 Å². The first kappa shape index (κ1) is 16.8. The van der Waals surface area contributed by atoms with Crippen LogP contribution in [0.2, 0.25) is 0 Å². The summed E-state index contributed by atoms with van der Waals surface area (Å²) >= 11 is 0. The lowest BCUT2D eigenvalue weighted by Gasteiger charge is -2.13. The van der Waals surface area contributed by atoms with Crippen molar-refractivity contribution < 1.29 is 0 Å². The fraction of sp³-hybridized carbons (Fsp3) is 0.0714. The summed E-state index contributed by atoms with van der Waals surface area (Å²) in [5.74, 6) is 0. The third-order valence-corrected chi connectivity index (χ3v) is 5.63. The fourth-order valence-corrected chi connectivity index (χ4v) is 4.17. The lowest BCUT2D eigenvalue weighted by molar-refractivity contribution is 1.16. The van der Waals surface area contributed by atoms with Crippen LogP contribution in [-0.2, 0) is 6.42 Å². The minimum atomic E-state index is 1.02. The van der Waals surface area contributed by atoms with Gasteiger partial charge in [0.25, 0.3) is 0 Å². The van der Waals surface area contributed by atoms with E-state index in [9.17, 15) is 0 Å². The van der Waals surface area contributed by atoms with Crippen LogP contribution in [0.3, 0.4) is 0 Å². The number of hydrogen-bond donors (Lipinski definition) is 0. The van der Waals surface area contributed by atoms with Gasteiger partial charge in [-0.15, -0.1) is 0 Å². The van der Waals surface area contributed by atoms with E-state index in [-0.39, 0.29) is 0 Å². The van der Waals surface area contributed by atoms with Crippen LogP contribution in [0.1, 0.15) is 12.5 Å². The number of fused-ring (bicyclic) bond motifs is 2. The van der Waals surface area contributed by atoms with E-state index in [1.165, 1.54) is 49.4 Å². The molecule has 0 saturated heterocycles. The maximum atomic E-state index is 2.37. The third-order valence-electron chi connectivity index (χ3n) is 5.63. The highest BCUT2D eigenvalue weighted by Gasteiger charge is 2.09. The molecule has 0 nitrogen and oxygen atoms in total. The van der Waals surface area contributed by atoms with Crippen LogP contribution in [0.4, 0.5) is 0 Å². The fourth-order valence-electron chi connectivity index (χ4n) is 4.17. The Bertz CT molecular complexity index is 1270. The van der Waals surface area contributed by atoms with E-state index >= 15 is 0 Å². The zero-order chi connectivity index (χ0) is 18.9. The summed E-state index contributed by atoms with van der Waals surface area (Å²) in [6.45, 7) is 2.24. The first-order valence-electron chi connectivity index (χ1n) is 9.94. The predicted octanol–water partition coefficient (Wildman–Crippen LogP) is 7.89. The zero-order valence-electron chi connectivity index (χ0n) is 16.0. The Kier molecular flexibility index (Phi) is 4.18. The highest BCUT2D eigenvalue weighted by Crippen LogP contribution is 2.34. The summed E-state index contributed by atoms with van der Waals surface area (Å²) in [5, 5.41) is 5.26. The first-order chi connectivity index (χ1) is 13.8. The quantitative estimate of drug-likeness (QED) is 0.307. The van der Waals surface area contributed by atoms with Crippen LogP contribution in [-0.4, -0.2) is 0 Å². The molecule has 0 saturated carbocycles. The van der Waals surface area contributed by atoms with E-state index in [0.29, 0.717) is 0 Å². The maximum absolute atomic E-state index is 2.37. The Labute approximate surface area is 166 Å². The van der Waals surface area contributed by atoms with Gasteiger partial charge in [-0.25, -0.2) is 0 Å². The molecule has 5 rings (SSSR count). The Morgan fingerprint density at radius 3 is 2.14 bits per heavy atom. The van der Waals surface area contributed by atoms with E-state index in [1.807, 2.05) is 0 Å². The van der Waals surface area contributed by atoms with Crippen molar-refractivity contribution in [3.05, 3.63) is 109 Å². The summed E-state index contributed by atoms with van der Waals surface area (Å²) in [6.07, 6.45) is 1.02. The van der Waals surface area contributed by atoms with Crippen molar-refractivity contribution >= 4 is 21.5 Å². The molecule has 0 N–H and O–H groups in total. The van der Waals surface area contributed by atoms with Gasteiger partial charge in [-0.1, -0.05) is 97.9 Å². The Morgan fingerprint density at radius 1 is 0.500 bits per heavy atom. The molecule has 28 heavy (non-hydrogen) atoms. The molecule has 134 valence electrons. The maximum Gasteiger partial charge on any atom is -0.0105 e. The number of aryl methyl sites for hydroxylation is 1. The van der Waals surface area contributed by atoms with Gasteiger partial charge in [0.15, 0.2) is 0 Å². The standard InChI is InChI=1S/C28H22/c1-2-20-17-25(21-9-4-3-5-10-21)18-23-15-16-24(19-28(20)23)27-14-8-12-22-11-6-7-13-26(22)27/h3-19H,2H2,1H3. The van der Waals surface area contributed by atoms with Crippen LogP contribution in [0.15, 0.2) is 103 Å². The Morgan fingerprint density at radius 2 is 1.29 bits per heavy atom. The Hall–Kier alpha value is -3.38. The van der Waals surface area contributed by atoms with E-state index in [1.54, 1.807) is 0 Å². The predicted molar refractivity (Wildman–Crippen MR) is 122 cm³/mol. The number of rotatable bonds is 3. The molecule has 5 aromatic rings. The first-order valence-corrected chi connectivity index (χ1v) is 9.94. The summed E-state index contributed by atoms with van der Waals surface area (Å²) in [6, 6.07) is 37.4. The van der Waals surface area contributed by atoms with Crippen LogP contribution < -0.4 is 0 Å². The number of hydrogen-bond acceptors (Lipinski definition) is 0. The van der Waals surface area contributed by atoms with Crippen molar-refractivity contribution in [3.8, 4) is 22.3 Å². The molecule has 0 atom stereocenters. The van der Waals surface area contributed by atoms with Crippen LogP contribution in [0.5, 0.6) is 0 Å². The number of benzene rings is 5. The largest absolute Gasteiger partial charge is 0.0622 e. The van der Waals surface area contributed by atoms with Crippen molar-refractivity contribution in [2.75, 3.05) is 0 Å². The van der Waals surface area contributed by atoms with E-state index < -0.39 is 0 Å². The average molecular weight is 358 g/mol. The molecule has 0 aliphatic carbocycles. The second-order valence-corrected chi connectivity index (χ2v) is 7.32. The van der Waals surface area contributed by atoms with Gasteiger partial charge in [0.05, 0.1) is 0 Å². The van der Waals surface area contributed by atoms with Gasteiger partial charge < -0.3 is 0 Å². The minimum Gasteiger partial charge on any atom is -0.0622 e. The highest BCUT2D eigenvalue weighted by molar-refractivity contribution is 6.00. The molecule has 0 heterocycles. The summed E-state index contributed by atoms with van der Waals surface area (Å²) in [5.41, 5.74) is 6.55. The van der Waals surface area contributed by atoms with Crippen LogP contribution in [0.25, 0.3) is 43.8 Å². The van der Waals surface area contributed by atoms with Crippen molar-refractivity contribution in [2.45, 2.75) is 13.3 Å². The second kappa shape index (κ2) is 6.98. The van der Waals surface area contributed by atoms with Gasteiger partial charge in [-0.05, 0) is 67.9 Å².